The quantitative estimate of drug-likeness (QED) is 0.873. The molecule has 0 aliphatic carbocycles. The summed E-state index contributed by atoms with van der Waals surface area (Å²) in [5.41, 5.74) is 6.02. The number of nitrogens with zero attached hydrogens (tertiary/aromatic N) is 1. The first kappa shape index (κ1) is 14.6. The van der Waals surface area contributed by atoms with Crippen LogP contribution in [0.2, 0.25) is 5.02 Å². The summed E-state index contributed by atoms with van der Waals surface area (Å²) in [6, 6.07) is 4.55. The van der Waals surface area contributed by atoms with Gasteiger partial charge in [0.1, 0.15) is 4.90 Å². The van der Waals surface area contributed by atoms with Gasteiger partial charge >= 0.3 is 0 Å². The van der Waals surface area contributed by atoms with Crippen LogP contribution in [0.4, 0.5) is 5.69 Å². The van der Waals surface area contributed by atoms with Crippen LogP contribution in [0.3, 0.4) is 0 Å². The normalized spacial score (nSPS) is 21.2. The summed E-state index contributed by atoms with van der Waals surface area (Å²) in [6.07, 6.45) is 0.900. The van der Waals surface area contributed by atoms with Crippen molar-refractivity contribution in [3.8, 4) is 0 Å². The molecule has 1 saturated heterocycles. The first-order chi connectivity index (χ1) is 8.82. The molecular formula is C13H19ClN2O2S. The molecule has 2 rings (SSSR count). The third-order valence-corrected chi connectivity index (χ3v) is 5.88. The second kappa shape index (κ2) is 5.31. The summed E-state index contributed by atoms with van der Waals surface area (Å²) in [6.45, 7) is 5.35. The molecule has 1 aromatic carbocycles. The lowest BCUT2D eigenvalue weighted by Crippen LogP contribution is -2.30. The Hall–Kier alpha value is -0.780. The van der Waals surface area contributed by atoms with E-state index in [2.05, 4.69) is 13.8 Å². The number of rotatable bonds is 3. The minimum atomic E-state index is -3.53. The minimum Gasteiger partial charge on any atom is -0.398 e. The summed E-state index contributed by atoms with van der Waals surface area (Å²) in [5, 5.41) is 0.382. The Balaban J connectivity index is 2.31. The minimum absolute atomic E-state index is 0.115. The number of benzene rings is 1. The average Bonchev–Trinajstić information content (AvgIpc) is 2.82. The maximum absolute atomic E-state index is 12.6. The molecule has 1 aliphatic heterocycles. The number of anilines is 1. The predicted molar refractivity (Wildman–Crippen MR) is 77.6 cm³/mol. The van der Waals surface area contributed by atoms with Gasteiger partial charge in [-0.05, 0) is 36.5 Å². The molecule has 1 aromatic rings. The number of nitrogens with two attached hydrogens (primary N) is 1. The van der Waals surface area contributed by atoms with Gasteiger partial charge in [-0.15, -0.1) is 0 Å². The number of hydrogen-bond acceptors (Lipinski definition) is 3. The Labute approximate surface area is 119 Å². The molecular weight excluding hydrogens is 284 g/mol. The van der Waals surface area contributed by atoms with Crippen molar-refractivity contribution in [1.82, 2.24) is 4.31 Å². The Morgan fingerprint density at radius 3 is 2.68 bits per heavy atom. The van der Waals surface area contributed by atoms with Gasteiger partial charge in [0, 0.05) is 18.1 Å². The van der Waals surface area contributed by atoms with Crippen molar-refractivity contribution >= 4 is 27.3 Å². The molecule has 19 heavy (non-hydrogen) atoms. The van der Waals surface area contributed by atoms with E-state index in [4.69, 9.17) is 17.3 Å². The molecule has 1 aliphatic rings. The molecule has 6 heteroatoms. The van der Waals surface area contributed by atoms with Gasteiger partial charge in [0.25, 0.3) is 0 Å². The van der Waals surface area contributed by atoms with E-state index >= 15 is 0 Å². The molecule has 0 spiro atoms. The SMILES string of the molecule is CC(C)C1CCN(S(=O)(=O)c2cc(Cl)ccc2N)C1. The summed E-state index contributed by atoms with van der Waals surface area (Å²) < 4.78 is 26.6. The first-order valence-electron chi connectivity index (χ1n) is 6.37. The highest BCUT2D eigenvalue weighted by Gasteiger charge is 2.34. The summed E-state index contributed by atoms with van der Waals surface area (Å²) >= 11 is 5.87. The Bertz CT molecular complexity index is 572. The van der Waals surface area contributed by atoms with E-state index in [1.807, 2.05) is 0 Å². The molecule has 0 radical (unpaired) electrons. The number of sulfonamides is 1. The molecule has 0 saturated carbocycles. The molecule has 1 heterocycles. The zero-order valence-corrected chi connectivity index (χ0v) is 12.7. The fourth-order valence-corrected chi connectivity index (χ4v) is 4.28. The molecule has 2 N–H and O–H groups in total. The van der Waals surface area contributed by atoms with Crippen LogP contribution in [-0.2, 0) is 10.0 Å². The molecule has 1 unspecified atom stereocenters. The molecule has 0 aromatic heterocycles. The molecule has 0 amide bonds. The van der Waals surface area contributed by atoms with Gasteiger partial charge in [-0.2, -0.15) is 4.31 Å². The van der Waals surface area contributed by atoms with Gasteiger partial charge in [-0.25, -0.2) is 8.42 Å². The Morgan fingerprint density at radius 2 is 2.11 bits per heavy atom. The van der Waals surface area contributed by atoms with Crippen molar-refractivity contribution in [2.24, 2.45) is 11.8 Å². The highest BCUT2D eigenvalue weighted by molar-refractivity contribution is 7.89. The van der Waals surface area contributed by atoms with Gasteiger partial charge in [0.15, 0.2) is 0 Å². The fraction of sp³-hybridized carbons (Fsp3) is 0.538. The van der Waals surface area contributed by atoms with E-state index in [0.29, 0.717) is 29.9 Å². The van der Waals surface area contributed by atoms with E-state index in [1.54, 1.807) is 6.07 Å². The number of nitrogen functional groups attached to an aromatic ring is 1. The van der Waals surface area contributed by atoms with Crippen LogP contribution in [-0.4, -0.2) is 25.8 Å². The van der Waals surface area contributed by atoms with Crippen molar-refractivity contribution in [1.29, 1.82) is 0 Å². The average molecular weight is 303 g/mol. The van der Waals surface area contributed by atoms with Crippen molar-refractivity contribution < 1.29 is 8.42 Å². The molecule has 0 bridgehead atoms. The fourth-order valence-electron chi connectivity index (χ4n) is 2.39. The summed E-state index contributed by atoms with van der Waals surface area (Å²) in [4.78, 5) is 0.115. The molecule has 106 valence electrons. The van der Waals surface area contributed by atoms with Gasteiger partial charge < -0.3 is 5.73 Å². The monoisotopic (exact) mass is 302 g/mol. The first-order valence-corrected chi connectivity index (χ1v) is 8.19. The third-order valence-electron chi connectivity index (χ3n) is 3.72. The third kappa shape index (κ3) is 2.88. The van der Waals surface area contributed by atoms with Crippen LogP contribution in [0, 0.1) is 11.8 Å². The molecule has 4 nitrogen and oxygen atoms in total. The Morgan fingerprint density at radius 1 is 1.42 bits per heavy atom. The van der Waals surface area contributed by atoms with Crippen molar-refractivity contribution in [2.45, 2.75) is 25.2 Å². The van der Waals surface area contributed by atoms with Crippen LogP contribution >= 0.6 is 11.6 Å². The van der Waals surface area contributed by atoms with Gasteiger partial charge in [0.2, 0.25) is 10.0 Å². The van der Waals surface area contributed by atoms with Crippen molar-refractivity contribution in [3.05, 3.63) is 23.2 Å². The van der Waals surface area contributed by atoms with Crippen LogP contribution in [0.1, 0.15) is 20.3 Å². The predicted octanol–water partition coefficient (Wildman–Crippen LogP) is 2.59. The topological polar surface area (TPSA) is 63.4 Å². The second-order valence-electron chi connectivity index (χ2n) is 5.34. The lowest BCUT2D eigenvalue weighted by molar-refractivity contribution is 0.388. The van der Waals surface area contributed by atoms with Crippen LogP contribution in [0.15, 0.2) is 23.1 Å². The summed E-state index contributed by atoms with van der Waals surface area (Å²) in [7, 11) is -3.53. The van der Waals surface area contributed by atoms with E-state index in [9.17, 15) is 8.42 Å². The number of hydrogen-bond donors (Lipinski definition) is 1. The van der Waals surface area contributed by atoms with E-state index in [1.165, 1.54) is 16.4 Å². The standard InChI is InChI=1S/C13H19ClN2O2S/c1-9(2)10-5-6-16(8-10)19(17,18)13-7-11(14)3-4-12(13)15/h3-4,7,9-10H,5-6,8,15H2,1-2H3. The zero-order valence-electron chi connectivity index (χ0n) is 11.1. The van der Waals surface area contributed by atoms with Crippen molar-refractivity contribution in [3.63, 3.8) is 0 Å². The zero-order chi connectivity index (χ0) is 14.2. The van der Waals surface area contributed by atoms with E-state index in [0.717, 1.165) is 6.42 Å². The van der Waals surface area contributed by atoms with Crippen LogP contribution in [0.5, 0.6) is 0 Å². The maximum Gasteiger partial charge on any atom is 0.245 e. The molecule has 1 atom stereocenters. The molecule has 1 fully saturated rings. The van der Waals surface area contributed by atoms with Crippen molar-refractivity contribution in [2.75, 3.05) is 18.8 Å². The highest BCUT2D eigenvalue weighted by Crippen LogP contribution is 2.31. The smallest absolute Gasteiger partial charge is 0.245 e. The van der Waals surface area contributed by atoms with Gasteiger partial charge in [-0.1, -0.05) is 25.4 Å². The maximum atomic E-state index is 12.6. The Kier molecular flexibility index (Phi) is 4.08. The van der Waals surface area contributed by atoms with Gasteiger partial charge in [-0.3, -0.25) is 0 Å². The van der Waals surface area contributed by atoms with Crippen LogP contribution in [0.25, 0.3) is 0 Å². The van der Waals surface area contributed by atoms with E-state index < -0.39 is 10.0 Å². The lowest BCUT2D eigenvalue weighted by Gasteiger charge is -2.19. The lowest BCUT2D eigenvalue weighted by atomic mass is 9.96. The largest absolute Gasteiger partial charge is 0.398 e. The number of halogens is 1. The summed E-state index contributed by atoms with van der Waals surface area (Å²) in [5.74, 6) is 0.895. The highest BCUT2D eigenvalue weighted by atomic mass is 35.5. The van der Waals surface area contributed by atoms with Crippen LogP contribution < -0.4 is 5.73 Å². The van der Waals surface area contributed by atoms with Gasteiger partial charge in [0.05, 0.1) is 5.69 Å². The van der Waals surface area contributed by atoms with E-state index in [-0.39, 0.29) is 10.6 Å². The second-order valence-corrected chi connectivity index (χ2v) is 7.68.